The Kier molecular flexibility index (Phi) is 5.32. The van der Waals surface area contributed by atoms with E-state index in [2.05, 4.69) is 30.3 Å². The number of ether oxygens (including phenoxy) is 2. The number of amides is 1. The van der Waals surface area contributed by atoms with Crippen LogP contribution in [-0.2, 0) is 15.1 Å². The van der Waals surface area contributed by atoms with Gasteiger partial charge in [-0.15, -0.1) is 0 Å². The van der Waals surface area contributed by atoms with Crippen molar-refractivity contribution in [2.24, 2.45) is 0 Å². The number of benzene rings is 3. The number of aliphatic hydroxyl groups is 1. The van der Waals surface area contributed by atoms with E-state index < -0.39 is 5.60 Å². The summed E-state index contributed by atoms with van der Waals surface area (Å²) in [4.78, 5) is 15.1. The number of hydrogen-bond acceptors (Lipinski definition) is 5. The van der Waals surface area contributed by atoms with E-state index in [1.807, 2.05) is 30.3 Å². The van der Waals surface area contributed by atoms with Crippen LogP contribution in [0, 0.1) is 11.3 Å². The zero-order valence-electron chi connectivity index (χ0n) is 19.3. The highest BCUT2D eigenvalue weighted by atomic mass is 16.6. The normalized spacial score (nSPS) is 24.9. The van der Waals surface area contributed by atoms with E-state index in [4.69, 9.17) is 9.47 Å². The van der Waals surface area contributed by atoms with Gasteiger partial charge in [0.2, 0.25) is 0 Å². The first-order valence-electron chi connectivity index (χ1n) is 12.0. The van der Waals surface area contributed by atoms with Crippen LogP contribution in [0.4, 0.5) is 4.79 Å². The predicted octanol–water partition coefficient (Wildman–Crippen LogP) is 4.56. The summed E-state index contributed by atoms with van der Waals surface area (Å²) in [7, 11) is 0. The molecule has 2 aliphatic heterocycles. The largest absolute Gasteiger partial charge is 0.448 e. The van der Waals surface area contributed by atoms with Gasteiger partial charge in [0.05, 0.1) is 42.5 Å². The van der Waals surface area contributed by atoms with Crippen molar-refractivity contribution in [3.05, 3.63) is 95.1 Å². The molecule has 1 aliphatic carbocycles. The van der Waals surface area contributed by atoms with E-state index in [0.29, 0.717) is 37.2 Å². The number of hydrogen-bond donors (Lipinski definition) is 1. The topological polar surface area (TPSA) is 82.8 Å². The van der Waals surface area contributed by atoms with Gasteiger partial charge in [0.25, 0.3) is 0 Å². The summed E-state index contributed by atoms with van der Waals surface area (Å²) in [5, 5.41) is 21.1. The smallest absolute Gasteiger partial charge is 0.410 e. The molecular formula is C29H26N2O4. The fourth-order valence-corrected chi connectivity index (χ4v) is 6.15. The van der Waals surface area contributed by atoms with Gasteiger partial charge in [0, 0.05) is 24.3 Å². The second-order valence-electron chi connectivity index (χ2n) is 9.65. The monoisotopic (exact) mass is 466 g/mol. The molecule has 6 nitrogen and oxygen atoms in total. The number of carbonyl (C=O) groups is 1. The SMILES string of the molecule is N#Cc1ccccc1C1(O)CC2COCC(C1)N2C(=O)OCC1c2ccccc2-c2ccccc21. The lowest BCUT2D eigenvalue weighted by molar-refractivity contribution is -0.136. The molecule has 3 aromatic rings. The second kappa shape index (κ2) is 8.53. The van der Waals surface area contributed by atoms with Crippen LogP contribution in [0.25, 0.3) is 11.1 Å². The van der Waals surface area contributed by atoms with Crippen molar-refractivity contribution < 1.29 is 19.4 Å². The number of nitrogens with zero attached hydrogens (tertiary/aromatic N) is 2. The van der Waals surface area contributed by atoms with Gasteiger partial charge < -0.3 is 14.6 Å². The molecule has 1 N–H and O–H groups in total. The van der Waals surface area contributed by atoms with E-state index in [9.17, 15) is 15.2 Å². The van der Waals surface area contributed by atoms with Crippen molar-refractivity contribution in [1.29, 1.82) is 5.26 Å². The molecule has 2 fully saturated rings. The zero-order valence-corrected chi connectivity index (χ0v) is 19.3. The Balaban J connectivity index is 1.22. The maximum absolute atomic E-state index is 13.4. The molecule has 2 saturated heterocycles. The Labute approximate surface area is 204 Å². The second-order valence-corrected chi connectivity index (χ2v) is 9.65. The number of rotatable bonds is 3. The lowest BCUT2D eigenvalue weighted by Crippen LogP contribution is -2.62. The van der Waals surface area contributed by atoms with Gasteiger partial charge in [-0.05, 0) is 28.3 Å². The Morgan fingerprint density at radius 2 is 1.54 bits per heavy atom. The maximum atomic E-state index is 13.4. The van der Waals surface area contributed by atoms with Gasteiger partial charge in [-0.2, -0.15) is 5.26 Å². The van der Waals surface area contributed by atoms with Gasteiger partial charge >= 0.3 is 6.09 Å². The first kappa shape index (κ1) is 21.8. The molecule has 2 heterocycles. The molecule has 2 atom stereocenters. The minimum Gasteiger partial charge on any atom is -0.448 e. The lowest BCUT2D eigenvalue weighted by atomic mass is 9.75. The van der Waals surface area contributed by atoms with Crippen LogP contribution in [-0.4, -0.2) is 48.0 Å². The third-order valence-electron chi connectivity index (χ3n) is 7.65. The highest BCUT2D eigenvalue weighted by Crippen LogP contribution is 2.45. The number of nitriles is 1. The summed E-state index contributed by atoms with van der Waals surface area (Å²) >= 11 is 0. The zero-order chi connectivity index (χ0) is 24.0. The standard InChI is InChI=1S/C29H26N2O4/c30-15-19-7-1-6-12-27(19)29(33)13-20-16-34-17-21(14-29)31(20)28(32)35-18-26-24-10-4-2-8-22(24)23-9-3-5-11-25(23)26/h1-12,20-21,26,33H,13-14,16-18H2. The summed E-state index contributed by atoms with van der Waals surface area (Å²) in [6, 6.07) is 25.2. The van der Waals surface area contributed by atoms with Gasteiger partial charge in [0.1, 0.15) is 6.61 Å². The molecule has 2 bridgehead atoms. The highest BCUT2D eigenvalue weighted by Gasteiger charge is 2.50. The molecule has 6 rings (SSSR count). The molecule has 176 valence electrons. The summed E-state index contributed by atoms with van der Waals surface area (Å²) in [6.07, 6.45) is 0.222. The van der Waals surface area contributed by atoms with E-state index in [-0.39, 0.29) is 30.7 Å². The Bertz CT molecular complexity index is 1270. The highest BCUT2D eigenvalue weighted by molar-refractivity contribution is 5.79. The molecule has 0 aromatic heterocycles. The van der Waals surface area contributed by atoms with E-state index in [1.54, 1.807) is 23.1 Å². The average molecular weight is 467 g/mol. The molecule has 3 aromatic carbocycles. The van der Waals surface area contributed by atoms with Crippen molar-refractivity contribution in [3.8, 4) is 17.2 Å². The van der Waals surface area contributed by atoms with Crippen molar-refractivity contribution in [1.82, 2.24) is 4.90 Å². The van der Waals surface area contributed by atoms with Gasteiger partial charge in [-0.25, -0.2) is 4.79 Å². The summed E-state index contributed by atoms with van der Waals surface area (Å²) < 4.78 is 11.7. The van der Waals surface area contributed by atoms with Crippen LogP contribution in [0.2, 0.25) is 0 Å². The van der Waals surface area contributed by atoms with E-state index in [0.717, 1.165) is 0 Å². The first-order chi connectivity index (χ1) is 17.1. The Morgan fingerprint density at radius 3 is 2.17 bits per heavy atom. The van der Waals surface area contributed by atoms with Crippen LogP contribution in [0.3, 0.4) is 0 Å². The van der Waals surface area contributed by atoms with Crippen molar-refractivity contribution in [2.75, 3.05) is 19.8 Å². The average Bonchev–Trinajstić information content (AvgIpc) is 3.20. The molecule has 0 radical (unpaired) electrons. The van der Waals surface area contributed by atoms with Crippen LogP contribution in [0.5, 0.6) is 0 Å². The molecule has 3 aliphatic rings. The van der Waals surface area contributed by atoms with Crippen LogP contribution < -0.4 is 0 Å². The number of piperidine rings is 1. The first-order valence-corrected chi connectivity index (χ1v) is 12.0. The minimum atomic E-state index is -1.19. The third kappa shape index (κ3) is 3.59. The third-order valence-corrected chi connectivity index (χ3v) is 7.65. The maximum Gasteiger partial charge on any atom is 0.410 e. The van der Waals surface area contributed by atoms with Gasteiger partial charge in [-0.3, -0.25) is 4.90 Å². The molecule has 0 spiro atoms. The fraction of sp³-hybridized carbons (Fsp3) is 0.310. The summed E-state index contributed by atoms with van der Waals surface area (Å²) in [5.74, 6) is -0.00771. The van der Waals surface area contributed by atoms with Crippen molar-refractivity contribution >= 4 is 6.09 Å². The number of carbonyl (C=O) groups excluding carboxylic acids is 1. The van der Waals surface area contributed by atoms with Crippen molar-refractivity contribution in [3.63, 3.8) is 0 Å². The Morgan fingerprint density at radius 1 is 0.971 bits per heavy atom. The molecule has 0 saturated carbocycles. The lowest BCUT2D eigenvalue weighted by Gasteiger charge is -2.51. The fourth-order valence-electron chi connectivity index (χ4n) is 6.15. The van der Waals surface area contributed by atoms with Crippen LogP contribution >= 0.6 is 0 Å². The number of morpholine rings is 1. The van der Waals surface area contributed by atoms with Gasteiger partial charge in [-0.1, -0.05) is 66.7 Å². The molecule has 2 unspecified atom stereocenters. The van der Waals surface area contributed by atoms with E-state index in [1.165, 1.54) is 22.3 Å². The number of fused-ring (bicyclic) bond motifs is 5. The quantitative estimate of drug-likeness (QED) is 0.612. The van der Waals surface area contributed by atoms with E-state index >= 15 is 0 Å². The van der Waals surface area contributed by atoms with Crippen LogP contribution in [0.15, 0.2) is 72.8 Å². The molecule has 6 heteroatoms. The van der Waals surface area contributed by atoms with Gasteiger partial charge in [0.15, 0.2) is 0 Å². The molecule has 1 amide bonds. The minimum absolute atomic E-state index is 0.00771. The summed E-state index contributed by atoms with van der Waals surface area (Å²) in [6.45, 7) is 0.917. The molecule has 35 heavy (non-hydrogen) atoms. The predicted molar refractivity (Wildman–Crippen MR) is 130 cm³/mol. The summed E-state index contributed by atoms with van der Waals surface area (Å²) in [5.41, 5.74) is 4.61. The Hall–Kier alpha value is -3.66. The van der Waals surface area contributed by atoms with Crippen LogP contribution in [0.1, 0.15) is 41.0 Å². The van der Waals surface area contributed by atoms with Crippen molar-refractivity contribution in [2.45, 2.75) is 36.4 Å². The molecular weight excluding hydrogens is 440 g/mol.